The standard InChI is InChI=1S/C15H16BrN3O/c16-13-14(10-5-2-1-3-6-10)18-12(19-15(13)17)9-11-7-4-8-20-11/h1-3,5-6,11H,4,7-9H2,(H2,17,18,19). The Morgan fingerprint density at radius 3 is 2.75 bits per heavy atom. The summed E-state index contributed by atoms with van der Waals surface area (Å²) in [5.74, 6) is 1.23. The molecule has 0 radical (unpaired) electrons. The smallest absolute Gasteiger partial charge is 0.142 e. The van der Waals surface area contributed by atoms with Crippen LogP contribution in [0.5, 0.6) is 0 Å². The second-order valence-corrected chi connectivity index (χ2v) is 5.69. The Morgan fingerprint density at radius 1 is 1.25 bits per heavy atom. The van der Waals surface area contributed by atoms with Gasteiger partial charge in [0.1, 0.15) is 11.6 Å². The van der Waals surface area contributed by atoms with Crippen molar-refractivity contribution in [2.24, 2.45) is 0 Å². The van der Waals surface area contributed by atoms with Crippen molar-refractivity contribution in [3.8, 4) is 11.3 Å². The van der Waals surface area contributed by atoms with Crippen LogP contribution < -0.4 is 5.73 Å². The van der Waals surface area contributed by atoms with Gasteiger partial charge in [0.2, 0.25) is 0 Å². The molecule has 0 bridgehead atoms. The average molecular weight is 334 g/mol. The maximum absolute atomic E-state index is 5.99. The summed E-state index contributed by atoms with van der Waals surface area (Å²) in [6.45, 7) is 0.836. The summed E-state index contributed by atoms with van der Waals surface area (Å²) in [4.78, 5) is 9.01. The van der Waals surface area contributed by atoms with Gasteiger partial charge in [-0.25, -0.2) is 9.97 Å². The molecule has 2 N–H and O–H groups in total. The fourth-order valence-electron chi connectivity index (χ4n) is 2.40. The maximum Gasteiger partial charge on any atom is 0.142 e. The molecule has 1 saturated heterocycles. The quantitative estimate of drug-likeness (QED) is 0.936. The lowest BCUT2D eigenvalue weighted by atomic mass is 10.1. The molecule has 1 aliphatic rings. The second kappa shape index (κ2) is 5.89. The van der Waals surface area contributed by atoms with Gasteiger partial charge >= 0.3 is 0 Å². The number of nitrogens with zero attached hydrogens (tertiary/aromatic N) is 2. The molecule has 0 amide bonds. The first-order valence-electron chi connectivity index (χ1n) is 6.73. The molecule has 1 aromatic carbocycles. The molecule has 2 heterocycles. The van der Waals surface area contributed by atoms with E-state index in [2.05, 4.69) is 25.9 Å². The van der Waals surface area contributed by atoms with Crippen molar-refractivity contribution in [2.75, 3.05) is 12.3 Å². The summed E-state index contributed by atoms with van der Waals surface area (Å²) >= 11 is 3.48. The topological polar surface area (TPSA) is 61.0 Å². The molecular formula is C15H16BrN3O. The summed E-state index contributed by atoms with van der Waals surface area (Å²) < 4.78 is 6.39. The van der Waals surface area contributed by atoms with Crippen LogP contribution in [0.1, 0.15) is 18.7 Å². The highest BCUT2D eigenvalue weighted by atomic mass is 79.9. The van der Waals surface area contributed by atoms with Crippen LogP contribution in [0, 0.1) is 0 Å². The van der Waals surface area contributed by atoms with Crippen LogP contribution in [0.4, 0.5) is 5.82 Å². The third kappa shape index (κ3) is 2.83. The normalized spacial score (nSPS) is 18.4. The van der Waals surface area contributed by atoms with E-state index < -0.39 is 0 Å². The van der Waals surface area contributed by atoms with E-state index >= 15 is 0 Å². The Morgan fingerprint density at radius 2 is 2.05 bits per heavy atom. The molecule has 1 atom stereocenters. The molecular weight excluding hydrogens is 318 g/mol. The Bertz CT molecular complexity index is 598. The van der Waals surface area contributed by atoms with Gasteiger partial charge in [-0.05, 0) is 28.8 Å². The van der Waals surface area contributed by atoms with Crippen molar-refractivity contribution in [2.45, 2.75) is 25.4 Å². The largest absolute Gasteiger partial charge is 0.383 e. The number of ether oxygens (including phenoxy) is 1. The van der Waals surface area contributed by atoms with Crippen LogP contribution in [0.2, 0.25) is 0 Å². The van der Waals surface area contributed by atoms with Gasteiger partial charge < -0.3 is 10.5 Å². The van der Waals surface area contributed by atoms with E-state index in [-0.39, 0.29) is 6.10 Å². The molecule has 1 aromatic heterocycles. The summed E-state index contributed by atoms with van der Waals surface area (Å²) in [7, 11) is 0. The molecule has 5 heteroatoms. The van der Waals surface area contributed by atoms with Gasteiger partial charge in [-0.2, -0.15) is 0 Å². The molecule has 0 spiro atoms. The van der Waals surface area contributed by atoms with Crippen LogP contribution in [0.25, 0.3) is 11.3 Å². The molecule has 1 aliphatic heterocycles. The van der Waals surface area contributed by atoms with E-state index in [1.165, 1.54) is 0 Å². The van der Waals surface area contributed by atoms with Crippen LogP contribution in [0.15, 0.2) is 34.8 Å². The van der Waals surface area contributed by atoms with E-state index in [9.17, 15) is 0 Å². The molecule has 3 rings (SSSR count). The highest BCUT2D eigenvalue weighted by molar-refractivity contribution is 9.10. The monoisotopic (exact) mass is 333 g/mol. The van der Waals surface area contributed by atoms with Gasteiger partial charge in [0.05, 0.1) is 16.3 Å². The molecule has 0 saturated carbocycles. The zero-order valence-electron chi connectivity index (χ0n) is 11.1. The predicted molar refractivity (Wildman–Crippen MR) is 82.3 cm³/mol. The van der Waals surface area contributed by atoms with E-state index in [1.54, 1.807) is 0 Å². The van der Waals surface area contributed by atoms with Gasteiger partial charge in [-0.1, -0.05) is 30.3 Å². The first-order valence-corrected chi connectivity index (χ1v) is 7.52. The molecule has 4 nitrogen and oxygen atoms in total. The average Bonchev–Trinajstić information content (AvgIpc) is 2.96. The Balaban J connectivity index is 1.95. The number of nitrogen functional groups attached to an aromatic ring is 1. The van der Waals surface area contributed by atoms with E-state index in [0.717, 1.165) is 47.4 Å². The fourth-order valence-corrected chi connectivity index (χ4v) is 2.81. The number of nitrogens with two attached hydrogens (primary N) is 1. The number of aromatic nitrogens is 2. The van der Waals surface area contributed by atoms with Gasteiger partial charge in [0, 0.05) is 18.6 Å². The van der Waals surface area contributed by atoms with Crippen molar-refractivity contribution in [1.29, 1.82) is 0 Å². The SMILES string of the molecule is Nc1nc(CC2CCCO2)nc(-c2ccccc2)c1Br. The van der Waals surface area contributed by atoms with Crippen LogP contribution in [-0.2, 0) is 11.2 Å². The second-order valence-electron chi connectivity index (χ2n) is 4.89. The van der Waals surface area contributed by atoms with Crippen molar-refractivity contribution in [3.05, 3.63) is 40.6 Å². The first kappa shape index (κ1) is 13.5. The number of anilines is 1. The van der Waals surface area contributed by atoms with Crippen LogP contribution in [-0.4, -0.2) is 22.7 Å². The third-order valence-corrected chi connectivity index (χ3v) is 4.19. The van der Waals surface area contributed by atoms with E-state index in [4.69, 9.17) is 10.5 Å². The highest BCUT2D eigenvalue weighted by Gasteiger charge is 2.19. The van der Waals surface area contributed by atoms with Crippen molar-refractivity contribution in [3.63, 3.8) is 0 Å². The zero-order valence-corrected chi connectivity index (χ0v) is 12.6. The van der Waals surface area contributed by atoms with E-state index in [0.29, 0.717) is 5.82 Å². The van der Waals surface area contributed by atoms with E-state index in [1.807, 2.05) is 30.3 Å². The lowest BCUT2D eigenvalue weighted by Gasteiger charge is -2.12. The Hall–Kier alpha value is -1.46. The number of hydrogen-bond acceptors (Lipinski definition) is 4. The Labute approximate surface area is 126 Å². The minimum Gasteiger partial charge on any atom is -0.383 e. The Kier molecular flexibility index (Phi) is 3.98. The minimum absolute atomic E-state index is 0.221. The van der Waals surface area contributed by atoms with Gasteiger partial charge in [-0.3, -0.25) is 0 Å². The van der Waals surface area contributed by atoms with Crippen LogP contribution >= 0.6 is 15.9 Å². The number of hydrogen-bond donors (Lipinski definition) is 1. The molecule has 1 unspecified atom stereocenters. The van der Waals surface area contributed by atoms with Crippen molar-refractivity contribution >= 4 is 21.7 Å². The lowest BCUT2D eigenvalue weighted by Crippen LogP contribution is -2.13. The number of rotatable bonds is 3. The summed E-state index contributed by atoms with van der Waals surface area (Å²) in [5.41, 5.74) is 7.86. The van der Waals surface area contributed by atoms with Gasteiger partial charge in [-0.15, -0.1) is 0 Å². The molecule has 20 heavy (non-hydrogen) atoms. The number of halogens is 1. The predicted octanol–water partition coefficient (Wildman–Crippen LogP) is 3.21. The third-order valence-electron chi connectivity index (χ3n) is 3.40. The van der Waals surface area contributed by atoms with Crippen LogP contribution in [0.3, 0.4) is 0 Å². The molecule has 1 fully saturated rings. The first-order chi connectivity index (χ1) is 9.74. The minimum atomic E-state index is 0.221. The summed E-state index contributed by atoms with van der Waals surface area (Å²) in [5, 5.41) is 0. The van der Waals surface area contributed by atoms with Gasteiger partial charge in [0.15, 0.2) is 0 Å². The van der Waals surface area contributed by atoms with Gasteiger partial charge in [0.25, 0.3) is 0 Å². The molecule has 104 valence electrons. The maximum atomic E-state index is 5.99. The van der Waals surface area contributed by atoms with Crippen molar-refractivity contribution < 1.29 is 4.74 Å². The summed E-state index contributed by atoms with van der Waals surface area (Å²) in [6.07, 6.45) is 3.12. The summed E-state index contributed by atoms with van der Waals surface area (Å²) in [6, 6.07) is 9.99. The highest BCUT2D eigenvalue weighted by Crippen LogP contribution is 2.30. The zero-order chi connectivity index (χ0) is 13.9. The van der Waals surface area contributed by atoms with Crippen molar-refractivity contribution in [1.82, 2.24) is 9.97 Å². The molecule has 0 aliphatic carbocycles. The molecule has 2 aromatic rings. The number of benzene rings is 1. The fraction of sp³-hybridized carbons (Fsp3) is 0.333. The lowest BCUT2D eigenvalue weighted by molar-refractivity contribution is 0.110.